The van der Waals surface area contributed by atoms with Gasteiger partial charge in [0, 0.05) is 19.5 Å². The average Bonchev–Trinajstić information content (AvgIpc) is 2.04. The van der Waals surface area contributed by atoms with Gasteiger partial charge in [0.05, 0.1) is 12.1 Å². The quantitative estimate of drug-likeness (QED) is 0.609. The van der Waals surface area contributed by atoms with Gasteiger partial charge in [-0.05, 0) is 13.8 Å². The molecule has 0 aromatic heterocycles. The Morgan fingerprint density at radius 2 is 2.33 bits per heavy atom. The fourth-order valence-electron chi connectivity index (χ4n) is 0.733. The summed E-state index contributed by atoms with van der Waals surface area (Å²) in [5.74, 6) is 0.0233. The SMILES string of the molecule is CCNC(=O)CCNC(C)C#N. The monoisotopic (exact) mass is 169 g/mol. The molecule has 0 aliphatic carbocycles. The maximum Gasteiger partial charge on any atom is 0.221 e. The van der Waals surface area contributed by atoms with Gasteiger partial charge in [-0.15, -0.1) is 0 Å². The first-order valence-corrected chi connectivity index (χ1v) is 4.10. The second-order valence-electron chi connectivity index (χ2n) is 2.51. The van der Waals surface area contributed by atoms with Crippen LogP contribution in [0.25, 0.3) is 0 Å². The summed E-state index contributed by atoms with van der Waals surface area (Å²) in [5.41, 5.74) is 0. The number of hydrogen-bond donors (Lipinski definition) is 2. The minimum Gasteiger partial charge on any atom is -0.356 e. The molecule has 0 aliphatic rings. The Bertz CT molecular complexity index is 174. The molecule has 2 N–H and O–H groups in total. The largest absolute Gasteiger partial charge is 0.356 e. The molecule has 0 aliphatic heterocycles. The van der Waals surface area contributed by atoms with E-state index < -0.39 is 0 Å². The molecular weight excluding hydrogens is 154 g/mol. The van der Waals surface area contributed by atoms with Crippen LogP contribution in [-0.4, -0.2) is 25.0 Å². The lowest BCUT2D eigenvalue weighted by molar-refractivity contribution is -0.120. The van der Waals surface area contributed by atoms with Gasteiger partial charge in [0.25, 0.3) is 0 Å². The lowest BCUT2D eigenvalue weighted by Gasteiger charge is -2.05. The number of carbonyl (C=O) groups is 1. The normalized spacial score (nSPS) is 11.8. The Hall–Kier alpha value is -1.08. The molecule has 68 valence electrons. The molecule has 0 aromatic carbocycles. The summed E-state index contributed by atoms with van der Waals surface area (Å²) in [6.45, 7) is 4.86. The maximum absolute atomic E-state index is 10.9. The van der Waals surface area contributed by atoms with Crippen LogP contribution in [0.4, 0.5) is 0 Å². The molecule has 0 radical (unpaired) electrons. The van der Waals surface area contributed by atoms with E-state index in [0.717, 1.165) is 0 Å². The number of rotatable bonds is 5. The number of nitrogens with zero attached hydrogens (tertiary/aromatic N) is 1. The minimum atomic E-state index is -0.181. The van der Waals surface area contributed by atoms with E-state index in [4.69, 9.17) is 5.26 Å². The maximum atomic E-state index is 10.9. The fourth-order valence-corrected chi connectivity index (χ4v) is 0.733. The summed E-state index contributed by atoms with van der Waals surface area (Å²) in [4.78, 5) is 10.9. The van der Waals surface area contributed by atoms with Crippen LogP contribution in [0.3, 0.4) is 0 Å². The van der Waals surface area contributed by atoms with Crippen molar-refractivity contribution in [1.82, 2.24) is 10.6 Å². The number of carbonyl (C=O) groups excluding carboxylic acids is 1. The molecule has 0 aromatic rings. The lowest BCUT2D eigenvalue weighted by atomic mass is 10.3. The summed E-state index contributed by atoms with van der Waals surface area (Å²) in [7, 11) is 0. The highest BCUT2D eigenvalue weighted by atomic mass is 16.1. The van der Waals surface area contributed by atoms with Crippen molar-refractivity contribution in [3.63, 3.8) is 0 Å². The summed E-state index contributed by atoms with van der Waals surface area (Å²) < 4.78 is 0. The molecule has 4 heteroatoms. The molecule has 0 bridgehead atoms. The molecule has 1 atom stereocenters. The zero-order chi connectivity index (χ0) is 9.40. The molecule has 1 unspecified atom stereocenters. The van der Waals surface area contributed by atoms with E-state index in [2.05, 4.69) is 10.6 Å². The molecule has 1 amide bonds. The number of nitrogens with one attached hydrogen (secondary N) is 2. The molecule has 12 heavy (non-hydrogen) atoms. The highest BCUT2D eigenvalue weighted by molar-refractivity contribution is 5.75. The highest BCUT2D eigenvalue weighted by Gasteiger charge is 2.00. The van der Waals surface area contributed by atoms with Gasteiger partial charge in [-0.2, -0.15) is 5.26 Å². The van der Waals surface area contributed by atoms with Crippen LogP contribution in [-0.2, 0) is 4.79 Å². The van der Waals surface area contributed by atoms with Crippen molar-refractivity contribution in [3.8, 4) is 6.07 Å². The Labute approximate surface area is 72.9 Å². The van der Waals surface area contributed by atoms with Crippen molar-refractivity contribution in [2.45, 2.75) is 26.3 Å². The van der Waals surface area contributed by atoms with Crippen LogP contribution in [0.5, 0.6) is 0 Å². The van der Waals surface area contributed by atoms with Gasteiger partial charge in [-0.25, -0.2) is 0 Å². The number of hydrogen-bond acceptors (Lipinski definition) is 3. The van der Waals surface area contributed by atoms with Gasteiger partial charge in [0.1, 0.15) is 0 Å². The van der Waals surface area contributed by atoms with E-state index >= 15 is 0 Å². The first-order valence-electron chi connectivity index (χ1n) is 4.10. The Balaban J connectivity index is 3.32. The van der Waals surface area contributed by atoms with E-state index in [1.807, 2.05) is 13.0 Å². The molecule has 0 fully saturated rings. The van der Waals surface area contributed by atoms with Gasteiger partial charge in [-0.1, -0.05) is 0 Å². The Morgan fingerprint density at radius 3 is 2.83 bits per heavy atom. The molecule has 4 nitrogen and oxygen atoms in total. The van der Waals surface area contributed by atoms with E-state index in [1.54, 1.807) is 6.92 Å². The highest BCUT2D eigenvalue weighted by Crippen LogP contribution is 1.80. The van der Waals surface area contributed by atoms with Crippen LogP contribution in [0.2, 0.25) is 0 Å². The number of nitriles is 1. The van der Waals surface area contributed by atoms with E-state index in [-0.39, 0.29) is 11.9 Å². The fraction of sp³-hybridized carbons (Fsp3) is 0.750. The zero-order valence-electron chi connectivity index (χ0n) is 7.55. The second kappa shape index (κ2) is 6.62. The van der Waals surface area contributed by atoms with Gasteiger partial charge in [0.15, 0.2) is 0 Å². The van der Waals surface area contributed by atoms with E-state index in [9.17, 15) is 4.79 Å². The molecule has 0 saturated heterocycles. The lowest BCUT2D eigenvalue weighted by Crippen LogP contribution is -2.31. The van der Waals surface area contributed by atoms with Crippen LogP contribution in [0.15, 0.2) is 0 Å². The topological polar surface area (TPSA) is 64.9 Å². The second-order valence-corrected chi connectivity index (χ2v) is 2.51. The summed E-state index contributed by atoms with van der Waals surface area (Å²) in [5, 5.41) is 14.0. The van der Waals surface area contributed by atoms with Crippen LogP contribution < -0.4 is 10.6 Å². The minimum absolute atomic E-state index is 0.0233. The molecule has 0 heterocycles. The predicted octanol–water partition coefficient (Wildman–Crippen LogP) is 0.0143. The van der Waals surface area contributed by atoms with Gasteiger partial charge < -0.3 is 10.6 Å². The molecular formula is C8H15N3O. The first-order chi connectivity index (χ1) is 5.70. The standard InChI is InChI=1S/C8H15N3O/c1-3-10-8(12)4-5-11-7(2)6-9/h7,11H,3-5H2,1-2H3,(H,10,12). The van der Waals surface area contributed by atoms with E-state index in [0.29, 0.717) is 19.5 Å². The number of amides is 1. The van der Waals surface area contributed by atoms with Gasteiger partial charge >= 0.3 is 0 Å². The van der Waals surface area contributed by atoms with Gasteiger partial charge in [0.2, 0.25) is 5.91 Å². The van der Waals surface area contributed by atoms with Crippen molar-refractivity contribution in [2.75, 3.05) is 13.1 Å². The predicted molar refractivity (Wildman–Crippen MR) is 46.4 cm³/mol. The molecule has 0 saturated carbocycles. The smallest absolute Gasteiger partial charge is 0.221 e. The average molecular weight is 169 g/mol. The van der Waals surface area contributed by atoms with Crippen molar-refractivity contribution in [1.29, 1.82) is 5.26 Å². The van der Waals surface area contributed by atoms with Crippen LogP contribution in [0, 0.1) is 11.3 Å². The third kappa shape index (κ3) is 5.69. The third-order valence-electron chi connectivity index (χ3n) is 1.37. The van der Waals surface area contributed by atoms with Crippen LogP contribution in [0.1, 0.15) is 20.3 Å². The van der Waals surface area contributed by atoms with Crippen LogP contribution >= 0.6 is 0 Å². The zero-order valence-corrected chi connectivity index (χ0v) is 7.55. The first kappa shape index (κ1) is 10.9. The van der Waals surface area contributed by atoms with Crippen molar-refractivity contribution >= 4 is 5.91 Å². The Morgan fingerprint density at radius 1 is 1.67 bits per heavy atom. The van der Waals surface area contributed by atoms with Crippen molar-refractivity contribution in [2.24, 2.45) is 0 Å². The summed E-state index contributed by atoms with van der Waals surface area (Å²) >= 11 is 0. The van der Waals surface area contributed by atoms with E-state index in [1.165, 1.54) is 0 Å². The third-order valence-corrected chi connectivity index (χ3v) is 1.37. The molecule has 0 spiro atoms. The Kier molecular flexibility index (Phi) is 6.02. The molecule has 0 rings (SSSR count). The summed E-state index contributed by atoms with van der Waals surface area (Å²) in [6.07, 6.45) is 0.430. The summed E-state index contributed by atoms with van der Waals surface area (Å²) in [6, 6.07) is 1.85. The van der Waals surface area contributed by atoms with Crippen molar-refractivity contribution < 1.29 is 4.79 Å². The van der Waals surface area contributed by atoms with Gasteiger partial charge in [-0.3, -0.25) is 4.79 Å². The van der Waals surface area contributed by atoms with Crippen molar-refractivity contribution in [3.05, 3.63) is 0 Å².